The first kappa shape index (κ1) is 31.5. The number of likely N-dealkylation sites (tertiary alicyclic amines) is 1. The fourth-order valence-electron chi connectivity index (χ4n) is 7.18. The standard InChI is InChI=1S/C35H45N3O6/c1-4-6-7-13-23-17-12-19-30(23)44-35(41)37-32(24-14-8-9-15-24)33(39)38-22-26(21-29(38)34(40)42-3)43-31-20-25-16-10-11-18-28(25)36-27(31)5-2/h4-5,10-11,16,18,20,23-24,26,29-30,32H,1-2,6-9,12-15,17,19,21-22H2,3H3,(H,37,41)/t23?,26-,29+,30-,32+/m1/s1. The fraction of sp³-hybridized carbons (Fsp3) is 0.543. The van der Waals surface area contributed by atoms with Gasteiger partial charge in [-0.25, -0.2) is 14.6 Å². The highest BCUT2D eigenvalue weighted by Gasteiger charge is 2.46. The molecule has 3 aliphatic rings. The van der Waals surface area contributed by atoms with Crippen molar-refractivity contribution in [2.24, 2.45) is 11.8 Å². The van der Waals surface area contributed by atoms with Crippen molar-refractivity contribution < 1.29 is 28.6 Å². The lowest BCUT2D eigenvalue weighted by atomic mass is 9.96. The van der Waals surface area contributed by atoms with Crippen molar-refractivity contribution in [2.75, 3.05) is 13.7 Å². The average molecular weight is 604 g/mol. The number of alkyl carbamates (subject to hydrolysis) is 1. The Morgan fingerprint density at radius 1 is 1.11 bits per heavy atom. The van der Waals surface area contributed by atoms with Crippen molar-refractivity contribution >= 4 is 34.9 Å². The van der Waals surface area contributed by atoms with Gasteiger partial charge in [-0.2, -0.15) is 0 Å². The van der Waals surface area contributed by atoms with Gasteiger partial charge in [0.1, 0.15) is 35.7 Å². The third kappa shape index (κ3) is 7.25. The SMILES string of the molecule is C=CCCCC1CCC[C@H]1OC(=O)N[C@H](C(=O)N1C[C@H](Oc2cc3ccccc3nc2C=C)C[C@H]1C(=O)OC)C1CCCC1. The average Bonchev–Trinajstić information content (AvgIpc) is 3.81. The van der Waals surface area contributed by atoms with Gasteiger partial charge in [0.05, 0.1) is 19.2 Å². The van der Waals surface area contributed by atoms with E-state index in [0.717, 1.165) is 75.1 Å². The Morgan fingerprint density at radius 3 is 2.66 bits per heavy atom. The van der Waals surface area contributed by atoms with Gasteiger partial charge in [-0.1, -0.05) is 43.7 Å². The predicted octanol–water partition coefficient (Wildman–Crippen LogP) is 6.21. The van der Waals surface area contributed by atoms with Gasteiger partial charge < -0.3 is 24.4 Å². The number of esters is 1. The number of carbonyl (C=O) groups is 3. The lowest BCUT2D eigenvalue weighted by Gasteiger charge is -2.31. The molecule has 0 radical (unpaired) electrons. The first-order valence-corrected chi connectivity index (χ1v) is 16.1. The first-order chi connectivity index (χ1) is 21.4. The minimum atomic E-state index is -0.830. The maximum Gasteiger partial charge on any atom is 0.408 e. The van der Waals surface area contributed by atoms with Gasteiger partial charge in [0.15, 0.2) is 0 Å². The molecule has 9 heteroatoms. The van der Waals surface area contributed by atoms with E-state index in [9.17, 15) is 14.4 Å². The molecule has 5 rings (SSSR count). The zero-order chi connectivity index (χ0) is 31.1. The van der Waals surface area contributed by atoms with Crippen LogP contribution in [-0.2, 0) is 19.1 Å². The number of ether oxygens (including phenoxy) is 3. The Hall–Kier alpha value is -3.88. The monoisotopic (exact) mass is 603 g/mol. The number of amides is 2. The van der Waals surface area contributed by atoms with Crippen LogP contribution in [0.1, 0.15) is 76.3 Å². The lowest BCUT2D eigenvalue weighted by molar-refractivity contribution is -0.152. The number of para-hydroxylation sites is 1. The van der Waals surface area contributed by atoms with Gasteiger partial charge in [-0.05, 0) is 81.4 Å². The summed E-state index contributed by atoms with van der Waals surface area (Å²) in [4.78, 5) is 46.6. The summed E-state index contributed by atoms with van der Waals surface area (Å²) < 4.78 is 17.4. The van der Waals surface area contributed by atoms with E-state index in [2.05, 4.69) is 23.5 Å². The molecule has 0 spiro atoms. The second-order valence-corrected chi connectivity index (χ2v) is 12.3. The largest absolute Gasteiger partial charge is 0.486 e. The number of nitrogens with one attached hydrogen (secondary N) is 1. The van der Waals surface area contributed by atoms with E-state index in [4.69, 9.17) is 14.2 Å². The number of hydrogen-bond donors (Lipinski definition) is 1. The van der Waals surface area contributed by atoms with E-state index in [1.165, 1.54) is 12.0 Å². The fourth-order valence-corrected chi connectivity index (χ4v) is 7.18. The number of benzene rings is 1. The van der Waals surface area contributed by atoms with Gasteiger partial charge >= 0.3 is 12.1 Å². The lowest BCUT2D eigenvalue weighted by Crippen LogP contribution is -2.55. The second kappa shape index (κ2) is 14.7. The van der Waals surface area contributed by atoms with Crippen LogP contribution in [-0.4, -0.2) is 65.8 Å². The highest BCUT2D eigenvalue weighted by molar-refractivity contribution is 5.90. The van der Waals surface area contributed by atoms with Crippen LogP contribution in [0.4, 0.5) is 4.79 Å². The molecule has 2 aromatic rings. The van der Waals surface area contributed by atoms with E-state index in [1.54, 1.807) is 6.08 Å². The number of rotatable bonds is 12. The molecular formula is C35H45N3O6. The summed E-state index contributed by atoms with van der Waals surface area (Å²) >= 11 is 0. The summed E-state index contributed by atoms with van der Waals surface area (Å²) in [5.41, 5.74) is 1.41. The molecule has 44 heavy (non-hydrogen) atoms. The highest BCUT2D eigenvalue weighted by Crippen LogP contribution is 2.34. The molecule has 1 aliphatic heterocycles. The van der Waals surface area contributed by atoms with Gasteiger partial charge in [0, 0.05) is 11.8 Å². The van der Waals surface area contributed by atoms with Gasteiger partial charge in [0.2, 0.25) is 5.91 Å². The van der Waals surface area contributed by atoms with Crippen LogP contribution in [0, 0.1) is 11.8 Å². The van der Waals surface area contributed by atoms with Gasteiger partial charge in [-0.15, -0.1) is 6.58 Å². The maximum atomic E-state index is 14.2. The van der Waals surface area contributed by atoms with Crippen LogP contribution in [0.5, 0.6) is 5.75 Å². The molecule has 2 amide bonds. The van der Waals surface area contributed by atoms with Crippen molar-refractivity contribution in [1.82, 2.24) is 15.2 Å². The van der Waals surface area contributed by atoms with Crippen molar-refractivity contribution in [1.29, 1.82) is 0 Å². The third-order valence-electron chi connectivity index (χ3n) is 9.46. The Labute approximate surface area is 260 Å². The molecule has 1 aromatic carbocycles. The summed E-state index contributed by atoms with van der Waals surface area (Å²) in [7, 11) is 1.32. The minimum Gasteiger partial charge on any atom is -0.486 e. The van der Waals surface area contributed by atoms with E-state index < -0.39 is 30.3 Å². The van der Waals surface area contributed by atoms with Crippen LogP contribution in [0.25, 0.3) is 17.0 Å². The molecule has 3 fully saturated rings. The zero-order valence-electron chi connectivity index (χ0n) is 25.7. The van der Waals surface area contributed by atoms with Crippen LogP contribution in [0.15, 0.2) is 49.6 Å². The second-order valence-electron chi connectivity index (χ2n) is 12.3. The number of unbranched alkanes of at least 4 members (excludes halogenated alkanes) is 1. The first-order valence-electron chi connectivity index (χ1n) is 16.1. The Kier molecular flexibility index (Phi) is 10.6. The predicted molar refractivity (Wildman–Crippen MR) is 169 cm³/mol. The summed E-state index contributed by atoms with van der Waals surface area (Å²) in [6.07, 6.45) is 12.1. The van der Waals surface area contributed by atoms with Crippen LogP contribution in [0.2, 0.25) is 0 Å². The van der Waals surface area contributed by atoms with E-state index in [-0.39, 0.29) is 30.9 Å². The smallest absolute Gasteiger partial charge is 0.408 e. The molecule has 1 saturated heterocycles. The van der Waals surface area contributed by atoms with Gasteiger partial charge in [-0.3, -0.25) is 4.79 Å². The molecule has 9 nitrogen and oxygen atoms in total. The summed E-state index contributed by atoms with van der Waals surface area (Å²) in [6.45, 7) is 7.87. The van der Waals surface area contributed by atoms with Crippen molar-refractivity contribution in [2.45, 2.75) is 94.9 Å². The van der Waals surface area contributed by atoms with E-state index in [0.29, 0.717) is 17.4 Å². The number of hydrogen-bond acceptors (Lipinski definition) is 7. The molecule has 236 valence electrons. The number of pyridine rings is 1. The number of methoxy groups -OCH3 is 1. The van der Waals surface area contributed by atoms with Crippen molar-refractivity contribution in [3.8, 4) is 5.75 Å². The molecule has 1 aromatic heterocycles. The zero-order valence-corrected chi connectivity index (χ0v) is 25.7. The number of fused-ring (bicyclic) bond motifs is 1. The van der Waals surface area contributed by atoms with Crippen molar-refractivity contribution in [3.63, 3.8) is 0 Å². The highest BCUT2D eigenvalue weighted by atomic mass is 16.6. The Morgan fingerprint density at radius 2 is 1.91 bits per heavy atom. The van der Waals surface area contributed by atoms with Crippen molar-refractivity contribution in [3.05, 3.63) is 55.3 Å². The maximum absolute atomic E-state index is 14.2. The summed E-state index contributed by atoms with van der Waals surface area (Å²) in [6, 6.07) is 8.02. The Balaban J connectivity index is 1.31. The normalized spacial score (nSPS) is 24.2. The molecule has 1 N–H and O–H groups in total. The number of allylic oxidation sites excluding steroid dienone is 1. The molecule has 1 unspecified atom stereocenters. The summed E-state index contributed by atoms with van der Waals surface area (Å²) in [5.74, 6) is 0.0229. The molecule has 2 saturated carbocycles. The summed E-state index contributed by atoms with van der Waals surface area (Å²) in [5, 5.41) is 3.86. The van der Waals surface area contributed by atoms with Crippen LogP contribution in [0.3, 0.4) is 0 Å². The number of aromatic nitrogens is 1. The molecule has 0 bridgehead atoms. The third-order valence-corrected chi connectivity index (χ3v) is 9.46. The molecular weight excluding hydrogens is 558 g/mol. The van der Waals surface area contributed by atoms with E-state index in [1.807, 2.05) is 36.4 Å². The number of nitrogens with zero attached hydrogens (tertiary/aromatic N) is 2. The van der Waals surface area contributed by atoms with E-state index >= 15 is 0 Å². The minimum absolute atomic E-state index is 0.0302. The quantitative estimate of drug-likeness (QED) is 0.175. The Bertz CT molecular complexity index is 1360. The molecule has 2 aliphatic carbocycles. The van der Waals surface area contributed by atoms with Crippen LogP contribution < -0.4 is 10.1 Å². The van der Waals surface area contributed by atoms with Crippen LogP contribution >= 0.6 is 0 Å². The molecule has 5 atom stereocenters. The number of carbonyl (C=O) groups excluding carboxylic acids is 3. The topological polar surface area (TPSA) is 107 Å². The van der Waals surface area contributed by atoms with Gasteiger partial charge in [0.25, 0.3) is 0 Å². The molecule has 2 heterocycles.